The molecule has 7 nitrogen and oxygen atoms in total. The number of halogens is 1. The van der Waals surface area contributed by atoms with Gasteiger partial charge in [-0.05, 0) is 55.5 Å². The van der Waals surface area contributed by atoms with Crippen molar-refractivity contribution >= 4 is 5.69 Å². The number of fused-ring (bicyclic) bond motifs is 1. The Hall–Kier alpha value is -2.55. The van der Waals surface area contributed by atoms with Crippen LogP contribution in [-0.2, 0) is 4.74 Å². The summed E-state index contributed by atoms with van der Waals surface area (Å²) >= 11 is 0. The van der Waals surface area contributed by atoms with Gasteiger partial charge in [-0.25, -0.2) is 4.39 Å². The van der Waals surface area contributed by atoms with Crippen LogP contribution < -0.4 is 19.1 Å². The number of ether oxygens (including phenoxy) is 4. The zero-order valence-corrected chi connectivity index (χ0v) is 22.2. The Morgan fingerprint density at radius 3 is 2.57 bits per heavy atom. The second-order valence-electron chi connectivity index (χ2n) is 10.2. The Morgan fingerprint density at radius 2 is 1.76 bits per heavy atom. The molecule has 0 radical (unpaired) electrons. The lowest BCUT2D eigenvalue weighted by atomic mass is 9.89. The first-order valence-electron chi connectivity index (χ1n) is 13.6. The second-order valence-corrected chi connectivity index (χ2v) is 10.2. The molecule has 0 bridgehead atoms. The van der Waals surface area contributed by atoms with Crippen LogP contribution in [0.4, 0.5) is 10.1 Å². The SMILES string of the molecule is COc1cc(N2CCN3[C@@H](CCC[C@@H]3c3ccc(OCCCN4CCOCC4)c(OC)c3)C2)ccc1F. The second kappa shape index (κ2) is 12.3. The van der Waals surface area contributed by atoms with E-state index in [0.717, 1.165) is 82.5 Å². The van der Waals surface area contributed by atoms with Crippen LogP contribution in [-0.4, -0.2) is 89.2 Å². The lowest BCUT2D eigenvalue weighted by Crippen LogP contribution is -2.55. The summed E-state index contributed by atoms with van der Waals surface area (Å²) < 4.78 is 36.4. The number of rotatable bonds is 9. The van der Waals surface area contributed by atoms with Crippen molar-refractivity contribution in [1.82, 2.24) is 9.80 Å². The third-order valence-corrected chi connectivity index (χ3v) is 8.00. The van der Waals surface area contributed by atoms with Gasteiger partial charge in [-0.2, -0.15) is 0 Å². The van der Waals surface area contributed by atoms with Gasteiger partial charge in [0.1, 0.15) is 0 Å². The van der Waals surface area contributed by atoms with Gasteiger partial charge in [-0.15, -0.1) is 0 Å². The summed E-state index contributed by atoms with van der Waals surface area (Å²) in [6.07, 6.45) is 4.49. The number of piperidine rings is 1. The number of benzene rings is 2. The highest BCUT2D eigenvalue weighted by Crippen LogP contribution is 2.40. The number of nitrogens with zero attached hydrogens (tertiary/aromatic N) is 3. The van der Waals surface area contributed by atoms with Crippen molar-refractivity contribution < 1.29 is 23.3 Å². The normalized spacial score (nSPS) is 22.9. The molecular weight excluding hydrogens is 473 g/mol. The first-order valence-corrected chi connectivity index (χ1v) is 13.6. The molecule has 37 heavy (non-hydrogen) atoms. The highest BCUT2D eigenvalue weighted by Gasteiger charge is 2.36. The van der Waals surface area contributed by atoms with Crippen molar-refractivity contribution in [2.24, 2.45) is 0 Å². The van der Waals surface area contributed by atoms with Crippen LogP contribution in [0.2, 0.25) is 0 Å². The van der Waals surface area contributed by atoms with Gasteiger partial charge in [0.05, 0.1) is 34.0 Å². The summed E-state index contributed by atoms with van der Waals surface area (Å²) in [5, 5.41) is 0. The standard InChI is InChI=1S/C29H40FN3O4/c1-34-28-20-23(8-9-25(28)30)32-12-13-33-24(21-32)5-3-6-26(33)22-7-10-27(29(19-22)35-2)37-16-4-11-31-14-17-36-18-15-31/h7-10,19-20,24,26H,3-6,11-18,21H2,1-2H3/t24-,26+/m0/s1. The lowest BCUT2D eigenvalue weighted by Gasteiger charge is -2.49. The lowest BCUT2D eigenvalue weighted by molar-refractivity contribution is 0.0357. The van der Waals surface area contributed by atoms with E-state index in [1.807, 2.05) is 12.1 Å². The van der Waals surface area contributed by atoms with Crippen molar-refractivity contribution in [2.75, 3.05) is 78.2 Å². The molecule has 5 rings (SSSR count). The molecule has 0 saturated carbocycles. The van der Waals surface area contributed by atoms with E-state index >= 15 is 0 Å². The molecule has 0 aliphatic carbocycles. The fourth-order valence-corrected chi connectivity index (χ4v) is 5.99. The number of methoxy groups -OCH3 is 2. The number of morpholine rings is 1. The largest absolute Gasteiger partial charge is 0.494 e. The maximum absolute atomic E-state index is 13.9. The van der Waals surface area contributed by atoms with Crippen LogP contribution >= 0.6 is 0 Å². The number of piperazine rings is 1. The van der Waals surface area contributed by atoms with Crippen LogP contribution in [0.25, 0.3) is 0 Å². The molecule has 0 aromatic heterocycles. The topological polar surface area (TPSA) is 46.6 Å². The third-order valence-electron chi connectivity index (χ3n) is 8.00. The molecule has 3 saturated heterocycles. The highest BCUT2D eigenvalue weighted by molar-refractivity contribution is 5.52. The minimum atomic E-state index is -0.318. The third kappa shape index (κ3) is 6.13. The maximum Gasteiger partial charge on any atom is 0.165 e. The van der Waals surface area contributed by atoms with Gasteiger partial charge in [-0.1, -0.05) is 6.07 Å². The molecule has 0 spiro atoms. The van der Waals surface area contributed by atoms with Gasteiger partial charge in [0.2, 0.25) is 0 Å². The fourth-order valence-electron chi connectivity index (χ4n) is 5.99. The van der Waals surface area contributed by atoms with Crippen LogP contribution in [0, 0.1) is 5.82 Å². The highest BCUT2D eigenvalue weighted by atomic mass is 19.1. The molecule has 0 amide bonds. The molecule has 2 atom stereocenters. The number of hydrogen-bond acceptors (Lipinski definition) is 7. The average molecular weight is 514 g/mol. The van der Waals surface area contributed by atoms with Crippen LogP contribution in [0.3, 0.4) is 0 Å². The van der Waals surface area contributed by atoms with Crippen molar-refractivity contribution in [3.63, 3.8) is 0 Å². The molecule has 3 aliphatic rings. The molecule has 3 fully saturated rings. The molecule has 2 aromatic rings. The molecular formula is C29H40FN3O4. The first kappa shape index (κ1) is 26.1. The first-order chi connectivity index (χ1) is 18.2. The number of hydrogen-bond donors (Lipinski definition) is 0. The quantitative estimate of drug-likeness (QED) is 0.462. The summed E-state index contributed by atoms with van der Waals surface area (Å²) in [6.45, 7) is 8.19. The minimum Gasteiger partial charge on any atom is -0.494 e. The molecule has 0 unspecified atom stereocenters. The van der Waals surface area contributed by atoms with E-state index in [9.17, 15) is 4.39 Å². The number of anilines is 1. The summed E-state index contributed by atoms with van der Waals surface area (Å²) in [6, 6.07) is 12.5. The van der Waals surface area contributed by atoms with Crippen LogP contribution in [0.15, 0.2) is 36.4 Å². The molecule has 0 N–H and O–H groups in total. The Morgan fingerprint density at radius 1 is 0.919 bits per heavy atom. The molecule has 3 heterocycles. The van der Waals surface area contributed by atoms with Gasteiger partial charge in [0.25, 0.3) is 0 Å². The molecule has 8 heteroatoms. The zero-order chi connectivity index (χ0) is 25.6. The Labute approximate surface area is 220 Å². The Balaban J connectivity index is 1.20. The average Bonchev–Trinajstić information content (AvgIpc) is 2.95. The van der Waals surface area contributed by atoms with E-state index in [1.165, 1.54) is 31.6 Å². The van der Waals surface area contributed by atoms with Crippen molar-refractivity contribution in [3.05, 3.63) is 47.8 Å². The minimum absolute atomic E-state index is 0.303. The summed E-state index contributed by atoms with van der Waals surface area (Å²) in [4.78, 5) is 7.44. The molecule has 3 aliphatic heterocycles. The predicted molar refractivity (Wildman–Crippen MR) is 143 cm³/mol. The zero-order valence-electron chi connectivity index (χ0n) is 22.2. The van der Waals surface area contributed by atoms with Gasteiger partial charge in [-0.3, -0.25) is 9.80 Å². The van der Waals surface area contributed by atoms with Gasteiger partial charge < -0.3 is 23.8 Å². The smallest absolute Gasteiger partial charge is 0.165 e. The van der Waals surface area contributed by atoms with Crippen LogP contribution in [0.5, 0.6) is 17.2 Å². The van der Waals surface area contributed by atoms with E-state index in [2.05, 4.69) is 32.9 Å². The Bertz CT molecular complexity index is 1030. The van der Waals surface area contributed by atoms with Crippen molar-refractivity contribution in [1.29, 1.82) is 0 Å². The monoisotopic (exact) mass is 513 g/mol. The van der Waals surface area contributed by atoms with E-state index in [0.29, 0.717) is 24.4 Å². The summed E-state index contributed by atoms with van der Waals surface area (Å²) in [7, 11) is 3.24. The van der Waals surface area contributed by atoms with Crippen molar-refractivity contribution in [2.45, 2.75) is 37.8 Å². The van der Waals surface area contributed by atoms with Crippen LogP contribution in [0.1, 0.15) is 37.3 Å². The van der Waals surface area contributed by atoms with E-state index in [1.54, 1.807) is 7.11 Å². The van der Waals surface area contributed by atoms with Gasteiger partial charge >= 0.3 is 0 Å². The summed E-state index contributed by atoms with van der Waals surface area (Å²) in [5.41, 5.74) is 2.32. The van der Waals surface area contributed by atoms with Crippen molar-refractivity contribution in [3.8, 4) is 17.2 Å². The predicted octanol–water partition coefficient (Wildman–Crippen LogP) is 4.36. The fraction of sp³-hybridized carbons (Fsp3) is 0.586. The van der Waals surface area contributed by atoms with E-state index in [4.69, 9.17) is 18.9 Å². The van der Waals surface area contributed by atoms with Gasteiger partial charge in [0, 0.05) is 63.1 Å². The van der Waals surface area contributed by atoms with E-state index in [-0.39, 0.29) is 5.82 Å². The molecule has 202 valence electrons. The van der Waals surface area contributed by atoms with Gasteiger partial charge in [0.15, 0.2) is 23.1 Å². The Kier molecular flexibility index (Phi) is 8.69. The maximum atomic E-state index is 13.9. The summed E-state index contributed by atoms with van der Waals surface area (Å²) in [5.74, 6) is 1.61. The molecule has 2 aromatic carbocycles. The van der Waals surface area contributed by atoms with E-state index < -0.39 is 0 Å².